The van der Waals surface area contributed by atoms with Gasteiger partial charge in [-0.3, -0.25) is 19.7 Å². The van der Waals surface area contributed by atoms with Crippen molar-refractivity contribution in [2.45, 2.75) is 18.9 Å². The van der Waals surface area contributed by atoms with Crippen molar-refractivity contribution in [2.24, 2.45) is 5.73 Å². The second-order valence-corrected chi connectivity index (χ2v) is 4.20. The standard InChI is InChI=1S/C12H15N3O5.ClH/c13-7-11(16)14-9(6-12(17)18)4-8-2-1-3-10(5-8)15(19)20;/h1-3,5,9H,4,6-7,13H2,(H,14,16)(H,17,18);1H. The molecule has 1 unspecified atom stereocenters. The van der Waals surface area contributed by atoms with E-state index >= 15 is 0 Å². The van der Waals surface area contributed by atoms with Gasteiger partial charge in [0.1, 0.15) is 0 Å². The summed E-state index contributed by atoms with van der Waals surface area (Å²) in [6, 6.07) is 5.18. The first-order valence-electron chi connectivity index (χ1n) is 5.87. The Morgan fingerprint density at radius 1 is 1.43 bits per heavy atom. The van der Waals surface area contributed by atoms with Gasteiger partial charge in [0.2, 0.25) is 5.91 Å². The highest BCUT2D eigenvalue weighted by atomic mass is 35.5. The third-order valence-electron chi connectivity index (χ3n) is 2.58. The molecule has 4 N–H and O–H groups in total. The molecule has 8 nitrogen and oxygen atoms in total. The number of non-ortho nitro benzene ring substituents is 1. The number of benzene rings is 1. The van der Waals surface area contributed by atoms with E-state index in [0.29, 0.717) is 5.56 Å². The van der Waals surface area contributed by atoms with Crippen LogP contribution in [0.2, 0.25) is 0 Å². The van der Waals surface area contributed by atoms with E-state index in [9.17, 15) is 19.7 Å². The summed E-state index contributed by atoms with van der Waals surface area (Å²) in [5.74, 6) is -1.54. The summed E-state index contributed by atoms with van der Waals surface area (Å²) in [4.78, 5) is 32.1. The van der Waals surface area contributed by atoms with E-state index in [4.69, 9.17) is 10.8 Å². The highest BCUT2D eigenvalue weighted by Crippen LogP contribution is 2.15. The van der Waals surface area contributed by atoms with Crippen LogP contribution in [0.25, 0.3) is 0 Å². The molecule has 1 aromatic rings. The molecule has 0 spiro atoms. The van der Waals surface area contributed by atoms with Crippen LogP contribution in [0.4, 0.5) is 5.69 Å². The highest BCUT2D eigenvalue weighted by molar-refractivity contribution is 5.85. The lowest BCUT2D eigenvalue weighted by atomic mass is 10.0. The number of hydrogen-bond acceptors (Lipinski definition) is 5. The van der Waals surface area contributed by atoms with Crippen molar-refractivity contribution >= 4 is 30.0 Å². The van der Waals surface area contributed by atoms with Crippen LogP contribution >= 0.6 is 12.4 Å². The number of carboxylic acid groups (broad SMARTS) is 1. The van der Waals surface area contributed by atoms with Gasteiger partial charge in [0.15, 0.2) is 0 Å². The van der Waals surface area contributed by atoms with Crippen LogP contribution in [0.5, 0.6) is 0 Å². The first kappa shape index (κ1) is 18.8. The number of carboxylic acids is 1. The van der Waals surface area contributed by atoms with E-state index in [-0.39, 0.29) is 37.5 Å². The molecule has 1 rings (SSSR count). The van der Waals surface area contributed by atoms with Crippen molar-refractivity contribution in [2.75, 3.05) is 6.54 Å². The normalized spacial score (nSPS) is 11.1. The lowest BCUT2D eigenvalue weighted by Crippen LogP contribution is -2.41. The minimum absolute atomic E-state index is 0. The van der Waals surface area contributed by atoms with Crippen molar-refractivity contribution < 1.29 is 19.6 Å². The number of amides is 1. The largest absolute Gasteiger partial charge is 0.481 e. The molecule has 9 heteroatoms. The fraction of sp³-hybridized carbons (Fsp3) is 0.333. The van der Waals surface area contributed by atoms with Gasteiger partial charge in [-0.15, -0.1) is 12.4 Å². The zero-order valence-electron chi connectivity index (χ0n) is 11.0. The Bertz CT molecular complexity index is 523. The molecule has 1 aromatic carbocycles. The Labute approximate surface area is 126 Å². The Morgan fingerprint density at radius 2 is 2.10 bits per heavy atom. The third kappa shape index (κ3) is 6.68. The number of nitrogens with one attached hydrogen (secondary N) is 1. The number of carbonyl (C=O) groups is 2. The first-order chi connectivity index (χ1) is 9.42. The zero-order chi connectivity index (χ0) is 15.1. The summed E-state index contributed by atoms with van der Waals surface area (Å²) < 4.78 is 0. The van der Waals surface area contributed by atoms with Gasteiger partial charge in [0.05, 0.1) is 17.9 Å². The van der Waals surface area contributed by atoms with E-state index in [2.05, 4.69) is 5.32 Å². The molecular formula is C12H16ClN3O5. The Hall–Kier alpha value is -2.19. The number of halogens is 1. The van der Waals surface area contributed by atoms with Gasteiger partial charge in [0, 0.05) is 18.2 Å². The summed E-state index contributed by atoms with van der Waals surface area (Å²) in [5, 5.41) is 21.9. The summed E-state index contributed by atoms with van der Waals surface area (Å²) in [6.07, 6.45) is -0.103. The average molecular weight is 318 g/mol. The number of hydrogen-bond donors (Lipinski definition) is 3. The highest BCUT2D eigenvalue weighted by Gasteiger charge is 2.17. The number of aliphatic carboxylic acids is 1. The number of nitrogens with two attached hydrogens (primary N) is 1. The fourth-order valence-corrected chi connectivity index (χ4v) is 1.75. The van der Waals surface area contributed by atoms with Gasteiger partial charge in [-0.25, -0.2) is 0 Å². The molecule has 0 saturated heterocycles. The van der Waals surface area contributed by atoms with Crippen LogP contribution in [0.15, 0.2) is 24.3 Å². The number of nitro groups is 1. The molecule has 0 bridgehead atoms. The lowest BCUT2D eigenvalue weighted by molar-refractivity contribution is -0.384. The van der Waals surface area contributed by atoms with Gasteiger partial charge >= 0.3 is 5.97 Å². The summed E-state index contributed by atoms with van der Waals surface area (Å²) >= 11 is 0. The van der Waals surface area contributed by atoms with Gasteiger partial charge in [0.25, 0.3) is 5.69 Å². The van der Waals surface area contributed by atoms with E-state index < -0.39 is 22.8 Å². The van der Waals surface area contributed by atoms with Gasteiger partial charge in [-0.05, 0) is 12.0 Å². The second kappa shape index (κ2) is 8.88. The Kier molecular flexibility index (Phi) is 7.95. The number of rotatable bonds is 7. The van der Waals surface area contributed by atoms with Crippen LogP contribution in [0, 0.1) is 10.1 Å². The maximum Gasteiger partial charge on any atom is 0.305 e. The molecule has 0 radical (unpaired) electrons. The molecule has 1 amide bonds. The van der Waals surface area contributed by atoms with Crippen molar-refractivity contribution in [1.82, 2.24) is 5.32 Å². The van der Waals surface area contributed by atoms with Crippen LogP contribution in [0.1, 0.15) is 12.0 Å². The maximum absolute atomic E-state index is 11.2. The smallest absolute Gasteiger partial charge is 0.305 e. The topological polar surface area (TPSA) is 136 Å². The number of nitrogens with zero attached hydrogens (tertiary/aromatic N) is 1. The molecular weight excluding hydrogens is 302 g/mol. The molecule has 0 aliphatic heterocycles. The van der Waals surface area contributed by atoms with Crippen molar-refractivity contribution in [3.63, 3.8) is 0 Å². The molecule has 21 heavy (non-hydrogen) atoms. The van der Waals surface area contributed by atoms with Crippen LogP contribution in [0.3, 0.4) is 0 Å². The third-order valence-corrected chi connectivity index (χ3v) is 2.58. The maximum atomic E-state index is 11.2. The monoisotopic (exact) mass is 317 g/mol. The minimum atomic E-state index is -1.07. The summed E-state index contributed by atoms with van der Waals surface area (Å²) in [5.41, 5.74) is 5.65. The molecule has 1 atom stereocenters. The van der Waals surface area contributed by atoms with Gasteiger partial charge in [-0.2, -0.15) is 0 Å². The molecule has 116 valence electrons. The molecule has 0 heterocycles. The van der Waals surface area contributed by atoms with E-state index in [1.54, 1.807) is 6.07 Å². The molecule has 0 saturated carbocycles. The van der Waals surface area contributed by atoms with Crippen LogP contribution < -0.4 is 11.1 Å². The summed E-state index contributed by atoms with van der Waals surface area (Å²) in [6.45, 7) is -0.245. The summed E-state index contributed by atoms with van der Waals surface area (Å²) in [7, 11) is 0. The van der Waals surface area contributed by atoms with E-state index in [1.165, 1.54) is 18.2 Å². The predicted octanol–water partition coefficient (Wildman–Crippen LogP) is 0.477. The SMILES string of the molecule is Cl.NCC(=O)NC(CC(=O)O)Cc1cccc([N+](=O)[O-])c1. The lowest BCUT2D eigenvalue weighted by Gasteiger charge is -2.16. The van der Waals surface area contributed by atoms with Crippen molar-refractivity contribution in [3.05, 3.63) is 39.9 Å². The molecule has 0 aliphatic rings. The van der Waals surface area contributed by atoms with E-state index in [0.717, 1.165) is 0 Å². The Morgan fingerprint density at radius 3 is 2.62 bits per heavy atom. The average Bonchev–Trinajstić information content (AvgIpc) is 2.37. The number of carbonyl (C=O) groups excluding carboxylic acids is 1. The van der Waals surface area contributed by atoms with Crippen LogP contribution in [-0.4, -0.2) is 34.5 Å². The second-order valence-electron chi connectivity index (χ2n) is 4.20. The molecule has 0 aromatic heterocycles. The Balaban J connectivity index is 0.00000400. The molecule has 0 fully saturated rings. The number of nitro benzene ring substituents is 1. The fourth-order valence-electron chi connectivity index (χ4n) is 1.75. The molecule has 0 aliphatic carbocycles. The predicted molar refractivity (Wildman–Crippen MR) is 77.3 cm³/mol. The van der Waals surface area contributed by atoms with Gasteiger partial charge < -0.3 is 16.2 Å². The first-order valence-corrected chi connectivity index (χ1v) is 5.87. The van der Waals surface area contributed by atoms with Crippen molar-refractivity contribution in [3.8, 4) is 0 Å². The van der Waals surface area contributed by atoms with Crippen LogP contribution in [-0.2, 0) is 16.0 Å². The minimum Gasteiger partial charge on any atom is -0.481 e. The van der Waals surface area contributed by atoms with Gasteiger partial charge in [-0.1, -0.05) is 12.1 Å². The zero-order valence-corrected chi connectivity index (χ0v) is 11.8. The van der Waals surface area contributed by atoms with E-state index in [1.807, 2.05) is 0 Å². The van der Waals surface area contributed by atoms with Crippen molar-refractivity contribution in [1.29, 1.82) is 0 Å². The quantitative estimate of drug-likeness (QED) is 0.494.